The molecule has 3 rings (SSSR count). The summed E-state index contributed by atoms with van der Waals surface area (Å²) in [6.45, 7) is 1.67. The highest BCUT2D eigenvalue weighted by atomic mass is 79.9. The van der Waals surface area contributed by atoms with Gasteiger partial charge in [-0.2, -0.15) is 0 Å². The molecule has 1 aromatic rings. The van der Waals surface area contributed by atoms with Crippen molar-refractivity contribution in [2.75, 3.05) is 13.2 Å². The molecule has 1 saturated heterocycles. The van der Waals surface area contributed by atoms with E-state index in [0.717, 1.165) is 22.3 Å². The molecule has 1 amide bonds. The summed E-state index contributed by atoms with van der Waals surface area (Å²) >= 11 is 3.48. The Morgan fingerprint density at radius 2 is 2.30 bits per heavy atom. The summed E-state index contributed by atoms with van der Waals surface area (Å²) < 4.78 is 11.9. The van der Waals surface area contributed by atoms with Gasteiger partial charge in [-0.25, -0.2) is 4.79 Å². The maximum Gasteiger partial charge on any atom is 0.407 e. The van der Waals surface area contributed by atoms with Gasteiger partial charge in [0.05, 0.1) is 6.54 Å². The van der Waals surface area contributed by atoms with E-state index in [1.54, 1.807) is 0 Å². The molecule has 2 aliphatic rings. The molecule has 0 bridgehead atoms. The Bertz CT molecular complexity index is 505. The number of ether oxygens (including phenoxy) is 2. The molecule has 0 aromatic heterocycles. The number of carbonyl (C=O) groups is 1. The number of amides is 1. The molecule has 108 valence electrons. The summed E-state index contributed by atoms with van der Waals surface area (Å²) in [6, 6.07) is 6.61. The molecule has 1 saturated carbocycles. The monoisotopic (exact) mass is 340 g/mol. The van der Waals surface area contributed by atoms with Gasteiger partial charge >= 0.3 is 6.09 Å². The van der Waals surface area contributed by atoms with Crippen molar-refractivity contribution in [3.05, 3.63) is 28.2 Å². The first kappa shape index (κ1) is 13.7. The molecule has 1 atom stereocenters. The third kappa shape index (κ3) is 3.64. The molecular formula is C14H17BrN2O3. The van der Waals surface area contributed by atoms with Gasteiger partial charge in [0, 0.05) is 22.6 Å². The zero-order chi connectivity index (χ0) is 13.9. The van der Waals surface area contributed by atoms with Crippen LogP contribution in [-0.2, 0) is 11.3 Å². The number of carbonyl (C=O) groups excluding carboxylic acids is 1. The lowest BCUT2D eigenvalue weighted by molar-refractivity contribution is 0.104. The molecule has 1 aliphatic carbocycles. The molecule has 1 heterocycles. The van der Waals surface area contributed by atoms with Gasteiger partial charge in [-0.3, -0.25) is 0 Å². The molecule has 6 heteroatoms. The van der Waals surface area contributed by atoms with Gasteiger partial charge in [-0.05, 0) is 31.0 Å². The quantitative estimate of drug-likeness (QED) is 0.833. The molecule has 1 unspecified atom stereocenters. The van der Waals surface area contributed by atoms with Gasteiger partial charge in [-0.15, -0.1) is 0 Å². The van der Waals surface area contributed by atoms with Crippen molar-refractivity contribution in [2.45, 2.75) is 31.5 Å². The van der Waals surface area contributed by atoms with Crippen LogP contribution in [0.15, 0.2) is 22.7 Å². The summed E-state index contributed by atoms with van der Waals surface area (Å²) in [5.41, 5.74) is 1.11. The normalized spacial score (nSPS) is 21.4. The van der Waals surface area contributed by atoms with Crippen molar-refractivity contribution in [1.82, 2.24) is 10.6 Å². The Morgan fingerprint density at radius 3 is 3.00 bits per heavy atom. The van der Waals surface area contributed by atoms with Crippen molar-refractivity contribution < 1.29 is 14.3 Å². The van der Waals surface area contributed by atoms with Gasteiger partial charge in [0.2, 0.25) is 0 Å². The van der Waals surface area contributed by atoms with E-state index in [9.17, 15) is 4.79 Å². The lowest BCUT2D eigenvalue weighted by Crippen LogP contribution is -2.23. The predicted molar refractivity (Wildman–Crippen MR) is 77.8 cm³/mol. The van der Waals surface area contributed by atoms with E-state index < -0.39 is 0 Å². The molecular weight excluding hydrogens is 324 g/mol. The average Bonchev–Trinajstić information content (AvgIpc) is 3.17. The van der Waals surface area contributed by atoms with Gasteiger partial charge in [0.25, 0.3) is 0 Å². The van der Waals surface area contributed by atoms with Crippen LogP contribution in [0, 0.1) is 0 Å². The van der Waals surface area contributed by atoms with Crippen LogP contribution in [0.1, 0.15) is 18.4 Å². The molecule has 2 N–H and O–H groups in total. The van der Waals surface area contributed by atoms with E-state index in [-0.39, 0.29) is 12.2 Å². The molecule has 2 fully saturated rings. The van der Waals surface area contributed by atoms with Crippen molar-refractivity contribution in [3.63, 3.8) is 0 Å². The average molecular weight is 341 g/mol. The first-order chi connectivity index (χ1) is 9.70. The summed E-state index contributed by atoms with van der Waals surface area (Å²) in [6.07, 6.45) is 1.93. The van der Waals surface area contributed by atoms with Crippen LogP contribution in [0.4, 0.5) is 4.79 Å². The second-order valence-electron chi connectivity index (χ2n) is 5.13. The number of nitrogens with one attached hydrogen (secondary N) is 2. The summed E-state index contributed by atoms with van der Waals surface area (Å²) in [5, 5.41) is 6.09. The fourth-order valence-corrected chi connectivity index (χ4v) is 2.48. The first-order valence-electron chi connectivity index (χ1n) is 6.80. The third-order valence-electron chi connectivity index (χ3n) is 3.35. The first-order valence-corrected chi connectivity index (χ1v) is 7.59. The zero-order valence-corrected chi connectivity index (χ0v) is 12.6. The van der Waals surface area contributed by atoms with Crippen molar-refractivity contribution >= 4 is 22.0 Å². The van der Waals surface area contributed by atoms with Crippen LogP contribution in [0.3, 0.4) is 0 Å². The number of benzene rings is 1. The lowest BCUT2D eigenvalue weighted by atomic mass is 10.2. The molecule has 20 heavy (non-hydrogen) atoms. The number of hydrogen-bond donors (Lipinski definition) is 2. The highest BCUT2D eigenvalue weighted by Crippen LogP contribution is 2.26. The van der Waals surface area contributed by atoms with Crippen LogP contribution in [0.25, 0.3) is 0 Å². The van der Waals surface area contributed by atoms with Crippen molar-refractivity contribution in [2.24, 2.45) is 0 Å². The molecule has 5 nitrogen and oxygen atoms in total. The maximum atomic E-state index is 11.0. The standard InChI is InChI=1S/C14H17BrN2O3/c15-10-1-4-13(9(5-10)6-16-11-2-3-11)19-8-12-7-17-14(18)20-12/h1,4-5,11-12,16H,2-3,6-8H2,(H,17,18). The van der Waals surface area contributed by atoms with E-state index >= 15 is 0 Å². The smallest absolute Gasteiger partial charge is 0.407 e. The minimum atomic E-state index is -0.370. The summed E-state index contributed by atoms with van der Waals surface area (Å²) in [7, 11) is 0. The topological polar surface area (TPSA) is 59.6 Å². The SMILES string of the molecule is O=C1NCC(COc2ccc(Br)cc2CNC2CC2)O1. The van der Waals surface area contributed by atoms with E-state index in [2.05, 4.69) is 32.6 Å². The number of alkyl carbamates (subject to hydrolysis) is 1. The Labute approximate surface area is 126 Å². The zero-order valence-electron chi connectivity index (χ0n) is 11.0. The Morgan fingerprint density at radius 1 is 1.45 bits per heavy atom. The van der Waals surface area contributed by atoms with Gasteiger partial charge in [0.15, 0.2) is 6.10 Å². The van der Waals surface area contributed by atoms with Crippen LogP contribution >= 0.6 is 15.9 Å². The van der Waals surface area contributed by atoms with Crippen LogP contribution in [0.5, 0.6) is 5.75 Å². The maximum absolute atomic E-state index is 11.0. The Balaban J connectivity index is 1.59. The highest BCUT2D eigenvalue weighted by molar-refractivity contribution is 9.10. The summed E-state index contributed by atoms with van der Waals surface area (Å²) in [4.78, 5) is 11.0. The fourth-order valence-electron chi connectivity index (χ4n) is 2.08. The van der Waals surface area contributed by atoms with E-state index in [1.165, 1.54) is 12.8 Å². The van der Waals surface area contributed by atoms with Gasteiger partial charge in [0.1, 0.15) is 12.4 Å². The molecule has 0 radical (unpaired) electrons. The van der Waals surface area contributed by atoms with Crippen LogP contribution < -0.4 is 15.4 Å². The molecule has 1 aromatic carbocycles. The van der Waals surface area contributed by atoms with E-state index in [1.807, 2.05) is 12.1 Å². The minimum Gasteiger partial charge on any atom is -0.489 e. The minimum absolute atomic E-state index is 0.213. The second kappa shape index (κ2) is 6.01. The summed E-state index contributed by atoms with van der Waals surface area (Å²) in [5.74, 6) is 0.837. The Kier molecular flexibility index (Phi) is 4.12. The number of hydrogen-bond acceptors (Lipinski definition) is 4. The predicted octanol–water partition coefficient (Wildman–Crippen LogP) is 2.19. The fraction of sp³-hybridized carbons (Fsp3) is 0.500. The number of rotatable bonds is 6. The van der Waals surface area contributed by atoms with E-state index in [0.29, 0.717) is 19.2 Å². The lowest BCUT2D eigenvalue weighted by Gasteiger charge is -2.14. The van der Waals surface area contributed by atoms with Gasteiger partial charge < -0.3 is 20.1 Å². The van der Waals surface area contributed by atoms with Crippen LogP contribution in [-0.4, -0.2) is 31.4 Å². The number of cyclic esters (lactones) is 1. The highest BCUT2D eigenvalue weighted by Gasteiger charge is 2.24. The molecule has 0 spiro atoms. The third-order valence-corrected chi connectivity index (χ3v) is 3.85. The van der Waals surface area contributed by atoms with Crippen molar-refractivity contribution in [3.8, 4) is 5.75 Å². The van der Waals surface area contributed by atoms with E-state index in [4.69, 9.17) is 9.47 Å². The number of halogens is 1. The largest absolute Gasteiger partial charge is 0.489 e. The molecule has 1 aliphatic heterocycles. The van der Waals surface area contributed by atoms with Crippen molar-refractivity contribution in [1.29, 1.82) is 0 Å². The Hall–Kier alpha value is -1.27. The van der Waals surface area contributed by atoms with Gasteiger partial charge in [-0.1, -0.05) is 15.9 Å². The van der Waals surface area contributed by atoms with Crippen LogP contribution in [0.2, 0.25) is 0 Å². The second-order valence-corrected chi connectivity index (χ2v) is 6.04.